The average molecular weight is 345 g/mol. The number of nitrogens with two attached hydrogens (primary N) is 1. The van der Waals surface area contributed by atoms with E-state index in [1.165, 1.54) is 34.9 Å². The van der Waals surface area contributed by atoms with Crippen LogP contribution >= 0.6 is 34.9 Å². The SMILES string of the molecule is Cn1cnnc1SCC(=O)Nc1nnc(SCC(N)=O)s1. The van der Waals surface area contributed by atoms with E-state index in [1.54, 1.807) is 17.9 Å². The van der Waals surface area contributed by atoms with Gasteiger partial charge in [0.05, 0.1) is 11.5 Å². The van der Waals surface area contributed by atoms with Crippen LogP contribution in [0.15, 0.2) is 15.8 Å². The summed E-state index contributed by atoms with van der Waals surface area (Å²) < 4.78 is 2.30. The van der Waals surface area contributed by atoms with Crippen LogP contribution in [0, 0.1) is 0 Å². The van der Waals surface area contributed by atoms with E-state index in [-0.39, 0.29) is 17.4 Å². The molecule has 3 N–H and O–H groups in total. The molecule has 0 aliphatic heterocycles. The lowest BCUT2D eigenvalue weighted by atomic mass is 10.7. The highest BCUT2D eigenvalue weighted by molar-refractivity contribution is 8.01. The largest absolute Gasteiger partial charge is 0.369 e. The third kappa shape index (κ3) is 4.99. The standard InChI is InChI=1S/C9H11N7O2S3/c1-16-4-11-14-8(16)19-3-6(18)12-7-13-15-9(21-7)20-2-5(10)17/h4H,2-3H2,1H3,(H2,10,17)(H,12,13,18). The molecule has 2 aromatic rings. The second kappa shape index (κ2) is 7.38. The Balaban J connectivity index is 1.80. The maximum absolute atomic E-state index is 11.8. The van der Waals surface area contributed by atoms with Gasteiger partial charge >= 0.3 is 0 Å². The zero-order valence-corrected chi connectivity index (χ0v) is 13.3. The zero-order chi connectivity index (χ0) is 15.2. The Kier molecular flexibility index (Phi) is 5.52. The molecule has 0 saturated heterocycles. The van der Waals surface area contributed by atoms with Crippen LogP contribution in [-0.2, 0) is 16.6 Å². The fourth-order valence-electron chi connectivity index (χ4n) is 1.14. The molecule has 0 saturated carbocycles. The summed E-state index contributed by atoms with van der Waals surface area (Å²) in [5.74, 6) is -0.327. The number of carbonyl (C=O) groups is 2. The van der Waals surface area contributed by atoms with Crippen LogP contribution in [0.2, 0.25) is 0 Å². The monoisotopic (exact) mass is 345 g/mol. The third-order valence-electron chi connectivity index (χ3n) is 1.99. The van der Waals surface area contributed by atoms with E-state index in [1.807, 2.05) is 0 Å². The number of aromatic nitrogens is 5. The first-order valence-electron chi connectivity index (χ1n) is 5.56. The lowest BCUT2D eigenvalue weighted by Crippen LogP contribution is -2.14. The average Bonchev–Trinajstić information content (AvgIpc) is 3.03. The normalized spacial score (nSPS) is 10.5. The Morgan fingerprint density at radius 2 is 2.14 bits per heavy atom. The van der Waals surface area contributed by atoms with Gasteiger partial charge in [0, 0.05) is 7.05 Å². The molecule has 0 spiro atoms. The first-order valence-corrected chi connectivity index (χ1v) is 8.34. The Morgan fingerprint density at radius 1 is 1.33 bits per heavy atom. The van der Waals surface area contributed by atoms with Gasteiger partial charge in [-0.1, -0.05) is 34.9 Å². The summed E-state index contributed by atoms with van der Waals surface area (Å²) in [5.41, 5.74) is 5.04. The molecule has 2 aromatic heterocycles. The van der Waals surface area contributed by atoms with Crippen molar-refractivity contribution >= 4 is 51.8 Å². The molecular formula is C9H11N7O2S3. The van der Waals surface area contributed by atoms with E-state index >= 15 is 0 Å². The van der Waals surface area contributed by atoms with E-state index in [0.717, 1.165) is 0 Å². The van der Waals surface area contributed by atoms with E-state index < -0.39 is 5.91 Å². The zero-order valence-electron chi connectivity index (χ0n) is 10.8. The number of nitrogens with one attached hydrogen (secondary N) is 1. The van der Waals surface area contributed by atoms with Crippen LogP contribution in [0.1, 0.15) is 0 Å². The van der Waals surface area contributed by atoms with Crippen molar-refractivity contribution in [3.8, 4) is 0 Å². The van der Waals surface area contributed by atoms with Crippen LogP contribution in [0.25, 0.3) is 0 Å². The molecule has 2 amide bonds. The minimum absolute atomic E-state index is 0.130. The fraction of sp³-hybridized carbons (Fsp3) is 0.333. The van der Waals surface area contributed by atoms with Crippen molar-refractivity contribution < 1.29 is 9.59 Å². The van der Waals surface area contributed by atoms with Crippen molar-refractivity contribution in [1.82, 2.24) is 25.0 Å². The minimum atomic E-state index is -0.430. The molecular weight excluding hydrogens is 334 g/mol. The summed E-state index contributed by atoms with van der Waals surface area (Å²) in [6.45, 7) is 0. The van der Waals surface area contributed by atoms with Gasteiger partial charge in [0.1, 0.15) is 6.33 Å². The van der Waals surface area contributed by atoms with Crippen LogP contribution in [0.4, 0.5) is 5.13 Å². The van der Waals surface area contributed by atoms with Crippen molar-refractivity contribution in [1.29, 1.82) is 0 Å². The fourth-order valence-corrected chi connectivity index (χ4v) is 3.34. The Hall–Kier alpha value is -1.66. The molecule has 2 rings (SSSR count). The summed E-state index contributed by atoms with van der Waals surface area (Å²) >= 11 is 3.64. The summed E-state index contributed by atoms with van der Waals surface area (Å²) in [7, 11) is 1.80. The molecule has 21 heavy (non-hydrogen) atoms. The number of hydrogen-bond donors (Lipinski definition) is 2. The van der Waals surface area contributed by atoms with E-state index in [0.29, 0.717) is 14.6 Å². The Morgan fingerprint density at radius 3 is 2.81 bits per heavy atom. The van der Waals surface area contributed by atoms with Crippen molar-refractivity contribution in [2.45, 2.75) is 9.50 Å². The second-order valence-electron chi connectivity index (χ2n) is 3.69. The molecule has 112 valence electrons. The predicted molar refractivity (Wildman–Crippen MR) is 80.2 cm³/mol. The molecule has 9 nitrogen and oxygen atoms in total. The number of primary amides is 1. The first-order chi connectivity index (χ1) is 10.0. The molecule has 2 heterocycles. The quantitative estimate of drug-likeness (QED) is 0.529. The van der Waals surface area contributed by atoms with Gasteiger partial charge in [0.25, 0.3) is 0 Å². The molecule has 0 aliphatic carbocycles. The van der Waals surface area contributed by atoms with Gasteiger partial charge in [-0.3, -0.25) is 14.9 Å². The Labute approximate surface area is 132 Å². The molecule has 0 radical (unpaired) electrons. The predicted octanol–water partition coefficient (Wildman–Crippen LogP) is -0.0252. The topological polar surface area (TPSA) is 129 Å². The van der Waals surface area contributed by atoms with Gasteiger partial charge in [-0.05, 0) is 0 Å². The number of amides is 2. The summed E-state index contributed by atoms with van der Waals surface area (Å²) in [4.78, 5) is 22.4. The van der Waals surface area contributed by atoms with Crippen LogP contribution in [0.3, 0.4) is 0 Å². The van der Waals surface area contributed by atoms with Gasteiger partial charge in [0.2, 0.25) is 16.9 Å². The highest BCUT2D eigenvalue weighted by Gasteiger charge is 2.11. The highest BCUT2D eigenvalue weighted by Crippen LogP contribution is 2.25. The molecule has 0 unspecified atom stereocenters. The lowest BCUT2D eigenvalue weighted by molar-refractivity contribution is -0.115. The van der Waals surface area contributed by atoms with Crippen LogP contribution in [-0.4, -0.2) is 48.3 Å². The smallest absolute Gasteiger partial charge is 0.236 e. The van der Waals surface area contributed by atoms with Gasteiger partial charge in [-0.2, -0.15) is 0 Å². The second-order valence-corrected chi connectivity index (χ2v) is 6.83. The maximum atomic E-state index is 11.8. The highest BCUT2D eigenvalue weighted by atomic mass is 32.2. The number of anilines is 1. The summed E-state index contributed by atoms with van der Waals surface area (Å²) in [5, 5.41) is 18.9. The van der Waals surface area contributed by atoms with Crippen LogP contribution in [0.5, 0.6) is 0 Å². The van der Waals surface area contributed by atoms with Crippen molar-refractivity contribution in [3.05, 3.63) is 6.33 Å². The number of hydrogen-bond acceptors (Lipinski definition) is 9. The molecule has 12 heteroatoms. The van der Waals surface area contributed by atoms with E-state index in [4.69, 9.17) is 5.73 Å². The number of thioether (sulfide) groups is 2. The van der Waals surface area contributed by atoms with Crippen LogP contribution < -0.4 is 11.1 Å². The van der Waals surface area contributed by atoms with Gasteiger partial charge in [0.15, 0.2) is 9.50 Å². The van der Waals surface area contributed by atoms with Gasteiger partial charge in [-0.25, -0.2) is 0 Å². The molecule has 0 aromatic carbocycles. The molecule has 0 atom stereocenters. The number of carbonyl (C=O) groups excluding carboxylic acids is 2. The van der Waals surface area contributed by atoms with Crippen molar-refractivity contribution in [2.75, 3.05) is 16.8 Å². The number of aryl methyl sites for hydroxylation is 1. The molecule has 0 fully saturated rings. The summed E-state index contributed by atoms with van der Waals surface area (Å²) in [6, 6.07) is 0. The van der Waals surface area contributed by atoms with Crippen molar-refractivity contribution in [2.24, 2.45) is 12.8 Å². The lowest BCUT2D eigenvalue weighted by Gasteiger charge is -2.00. The Bertz CT molecular complexity index is 641. The summed E-state index contributed by atoms with van der Waals surface area (Å²) in [6.07, 6.45) is 1.56. The van der Waals surface area contributed by atoms with Gasteiger partial charge in [-0.15, -0.1) is 20.4 Å². The van der Waals surface area contributed by atoms with E-state index in [9.17, 15) is 9.59 Å². The third-order valence-corrected chi connectivity index (χ3v) is 5.02. The van der Waals surface area contributed by atoms with Crippen molar-refractivity contribution in [3.63, 3.8) is 0 Å². The number of nitrogens with zero attached hydrogens (tertiary/aromatic N) is 5. The minimum Gasteiger partial charge on any atom is -0.369 e. The maximum Gasteiger partial charge on any atom is 0.236 e. The molecule has 0 aliphatic rings. The van der Waals surface area contributed by atoms with Gasteiger partial charge < -0.3 is 10.3 Å². The van der Waals surface area contributed by atoms with E-state index in [2.05, 4.69) is 25.7 Å². The number of rotatable bonds is 7. The molecule has 0 bridgehead atoms. The first kappa shape index (κ1) is 15.7.